The van der Waals surface area contributed by atoms with Crippen molar-refractivity contribution in [2.75, 3.05) is 13.1 Å². The minimum atomic E-state index is 0.142. The molecule has 0 spiro atoms. The summed E-state index contributed by atoms with van der Waals surface area (Å²) in [5.74, 6) is 1.88. The van der Waals surface area contributed by atoms with Gasteiger partial charge >= 0.3 is 0 Å². The highest BCUT2D eigenvalue weighted by molar-refractivity contribution is 5.76. The maximum Gasteiger partial charge on any atom is 0.221 e. The molecule has 0 bridgehead atoms. The van der Waals surface area contributed by atoms with Gasteiger partial charge < -0.3 is 14.6 Å². The van der Waals surface area contributed by atoms with Crippen LogP contribution in [0, 0.1) is 0 Å². The molecule has 1 aromatic heterocycles. The molecule has 1 aromatic carbocycles. The molecule has 0 radical (unpaired) electrons. The highest BCUT2D eigenvalue weighted by Gasteiger charge is 2.20. The van der Waals surface area contributed by atoms with Gasteiger partial charge in [0.25, 0.3) is 0 Å². The fourth-order valence-corrected chi connectivity index (χ4v) is 2.87. The summed E-state index contributed by atoms with van der Waals surface area (Å²) in [6, 6.07) is 8.40. The maximum absolute atomic E-state index is 11.6. The summed E-state index contributed by atoms with van der Waals surface area (Å²) in [6.07, 6.45) is 4.23. The lowest BCUT2D eigenvalue weighted by molar-refractivity contribution is -0.121. The topological polar surface area (TPSA) is 59.4 Å². The molecule has 24 heavy (non-hydrogen) atoms. The summed E-state index contributed by atoms with van der Waals surface area (Å²) in [7, 11) is 1.96. The molecular formula is C18H24N4O2. The van der Waals surface area contributed by atoms with Crippen molar-refractivity contribution in [1.82, 2.24) is 19.8 Å². The van der Waals surface area contributed by atoms with E-state index in [2.05, 4.69) is 34.3 Å². The Kier molecular flexibility index (Phi) is 5.15. The molecule has 2 heterocycles. The summed E-state index contributed by atoms with van der Waals surface area (Å²) >= 11 is 0. The normalized spacial score (nSPS) is 18.9. The molecule has 0 aliphatic carbocycles. The second-order valence-electron chi connectivity index (χ2n) is 6.26. The molecule has 128 valence electrons. The number of ether oxygens (including phenoxy) is 1. The second kappa shape index (κ2) is 7.49. The predicted octanol–water partition coefficient (Wildman–Crippen LogP) is 1.71. The van der Waals surface area contributed by atoms with Gasteiger partial charge in [-0.05, 0) is 24.6 Å². The zero-order chi connectivity index (χ0) is 16.9. The molecule has 1 aliphatic rings. The molecule has 6 heteroatoms. The van der Waals surface area contributed by atoms with E-state index in [1.54, 1.807) is 6.20 Å². The van der Waals surface area contributed by atoms with Crippen LogP contribution < -0.4 is 10.1 Å². The SMILES string of the molecule is CC1CC(=O)NCCN1Cc1ccc(OCc2nccn2C)cc1. The summed E-state index contributed by atoms with van der Waals surface area (Å²) in [5.41, 5.74) is 1.22. The van der Waals surface area contributed by atoms with E-state index in [1.807, 2.05) is 29.9 Å². The van der Waals surface area contributed by atoms with Crippen LogP contribution in [0.4, 0.5) is 0 Å². The number of carbonyl (C=O) groups excluding carboxylic acids is 1. The minimum Gasteiger partial charge on any atom is -0.486 e. The van der Waals surface area contributed by atoms with Gasteiger partial charge in [0.1, 0.15) is 18.2 Å². The average Bonchev–Trinajstić information content (AvgIpc) is 2.90. The standard InChI is InChI=1S/C18H24N4O2/c1-14-11-18(23)20-8-10-22(14)12-15-3-5-16(6-4-15)24-13-17-19-7-9-21(17)2/h3-7,9,14H,8,10-13H2,1-2H3,(H,20,23). The highest BCUT2D eigenvalue weighted by Crippen LogP contribution is 2.17. The highest BCUT2D eigenvalue weighted by atomic mass is 16.5. The van der Waals surface area contributed by atoms with Crippen LogP contribution in [0.5, 0.6) is 5.75 Å². The molecular weight excluding hydrogens is 304 g/mol. The number of hydrogen-bond donors (Lipinski definition) is 1. The van der Waals surface area contributed by atoms with E-state index in [9.17, 15) is 4.79 Å². The third-order valence-corrected chi connectivity index (χ3v) is 4.42. The number of imidazole rings is 1. The molecule has 1 atom stereocenters. The fraction of sp³-hybridized carbons (Fsp3) is 0.444. The zero-order valence-electron chi connectivity index (χ0n) is 14.2. The van der Waals surface area contributed by atoms with Gasteiger partial charge in [-0.2, -0.15) is 0 Å². The fourth-order valence-electron chi connectivity index (χ4n) is 2.87. The Balaban J connectivity index is 1.56. The number of benzene rings is 1. The number of aryl methyl sites for hydroxylation is 1. The molecule has 6 nitrogen and oxygen atoms in total. The number of nitrogens with zero attached hydrogens (tertiary/aromatic N) is 3. The van der Waals surface area contributed by atoms with Crippen LogP contribution in [0.25, 0.3) is 0 Å². The Morgan fingerprint density at radius 3 is 2.83 bits per heavy atom. The molecule has 1 fully saturated rings. The van der Waals surface area contributed by atoms with Crippen LogP contribution in [0.3, 0.4) is 0 Å². The monoisotopic (exact) mass is 328 g/mol. The summed E-state index contributed by atoms with van der Waals surface area (Å²) in [4.78, 5) is 18.2. The van der Waals surface area contributed by atoms with Gasteiger partial charge in [-0.1, -0.05) is 12.1 Å². The third kappa shape index (κ3) is 4.14. The Hall–Kier alpha value is -2.34. The molecule has 2 aromatic rings. The number of amides is 1. The van der Waals surface area contributed by atoms with Crippen LogP contribution in [-0.4, -0.2) is 39.5 Å². The van der Waals surface area contributed by atoms with E-state index in [1.165, 1.54) is 5.56 Å². The Morgan fingerprint density at radius 2 is 2.12 bits per heavy atom. The molecule has 1 saturated heterocycles. The van der Waals surface area contributed by atoms with Crippen molar-refractivity contribution in [2.24, 2.45) is 7.05 Å². The Labute approximate surface area is 142 Å². The van der Waals surface area contributed by atoms with Gasteiger partial charge in [0.05, 0.1) is 0 Å². The van der Waals surface area contributed by atoms with Crippen molar-refractivity contribution in [3.8, 4) is 5.75 Å². The van der Waals surface area contributed by atoms with Gasteiger partial charge in [0.2, 0.25) is 5.91 Å². The molecule has 1 unspecified atom stereocenters. The lowest BCUT2D eigenvalue weighted by Crippen LogP contribution is -2.33. The van der Waals surface area contributed by atoms with Gasteiger partial charge in [-0.25, -0.2) is 4.98 Å². The average molecular weight is 328 g/mol. The van der Waals surface area contributed by atoms with Crippen LogP contribution >= 0.6 is 0 Å². The lowest BCUT2D eigenvalue weighted by atomic mass is 10.1. The first-order valence-electron chi connectivity index (χ1n) is 8.30. The van der Waals surface area contributed by atoms with Crippen LogP contribution in [0.2, 0.25) is 0 Å². The van der Waals surface area contributed by atoms with Crippen molar-refractivity contribution in [2.45, 2.75) is 32.5 Å². The van der Waals surface area contributed by atoms with Crippen LogP contribution in [-0.2, 0) is 25.0 Å². The Bertz CT molecular complexity index is 681. The van der Waals surface area contributed by atoms with E-state index in [-0.39, 0.29) is 11.9 Å². The molecule has 1 amide bonds. The molecule has 3 rings (SSSR count). The lowest BCUT2D eigenvalue weighted by Gasteiger charge is -2.25. The summed E-state index contributed by atoms with van der Waals surface area (Å²) in [5, 5.41) is 2.93. The molecule has 0 saturated carbocycles. The Morgan fingerprint density at radius 1 is 1.33 bits per heavy atom. The maximum atomic E-state index is 11.6. The zero-order valence-corrected chi connectivity index (χ0v) is 14.2. The first-order valence-corrected chi connectivity index (χ1v) is 8.30. The quantitative estimate of drug-likeness (QED) is 0.908. The van der Waals surface area contributed by atoms with Crippen molar-refractivity contribution in [1.29, 1.82) is 0 Å². The van der Waals surface area contributed by atoms with Crippen molar-refractivity contribution in [3.63, 3.8) is 0 Å². The number of nitrogens with one attached hydrogen (secondary N) is 1. The van der Waals surface area contributed by atoms with Gasteiger partial charge in [0, 0.05) is 51.5 Å². The van der Waals surface area contributed by atoms with E-state index in [0.29, 0.717) is 19.6 Å². The molecule has 1 aliphatic heterocycles. The van der Waals surface area contributed by atoms with Gasteiger partial charge in [0.15, 0.2) is 0 Å². The first kappa shape index (κ1) is 16.5. The van der Waals surface area contributed by atoms with Crippen LogP contribution in [0.15, 0.2) is 36.7 Å². The van der Waals surface area contributed by atoms with E-state index < -0.39 is 0 Å². The third-order valence-electron chi connectivity index (χ3n) is 4.42. The summed E-state index contributed by atoms with van der Waals surface area (Å²) in [6.45, 7) is 5.00. The van der Waals surface area contributed by atoms with Crippen molar-refractivity contribution < 1.29 is 9.53 Å². The van der Waals surface area contributed by atoms with Crippen molar-refractivity contribution in [3.05, 3.63) is 48.0 Å². The largest absolute Gasteiger partial charge is 0.486 e. The number of aromatic nitrogens is 2. The smallest absolute Gasteiger partial charge is 0.221 e. The second-order valence-corrected chi connectivity index (χ2v) is 6.26. The van der Waals surface area contributed by atoms with E-state index in [4.69, 9.17) is 4.74 Å². The molecule has 1 N–H and O–H groups in total. The summed E-state index contributed by atoms with van der Waals surface area (Å²) < 4.78 is 7.73. The van der Waals surface area contributed by atoms with Crippen LogP contribution in [0.1, 0.15) is 24.7 Å². The van der Waals surface area contributed by atoms with E-state index in [0.717, 1.165) is 24.7 Å². The number of hydrogen-bond acceptors (Lipinski definition) is 4. The minimum absolute atomic E-state index is 0.142. The van der Waals surface area contributed by atoms with Crippen molar-refractivity contribution >= 4 is 5.91 Å². The number of carbonyl (C=O) groups is 1. The first-order chi connectivity index (χ1) is 11.6. The van der Waals surface area contributed by atoms with Gasteiger partial charge in [-0.3, -0.25) is 9.69 Å². The predicted molar refractivity (Wildman–Crippen MR) is 91.5 cm³/mol. The number of rotatable bonds is 5. The van der Waals surface area contributed by atoms with Gasteiger partial charge in [-0.15, -0.1) is 0 Å². The van der Waals surface area contributed by atoms with E-state index >= 15 is 0 Å².